The summed E-state index contributed by atoms with van der Waals surface area (Å²) >= 11 is 0. The first-order valence-electron chi connectivity index (χ1n) is 10.4. The Kier molecular flexibility index (Phi) is 5.01. The molecule has 1 N–H and O–H groups in total. The molecule has 7 nitrogen and oxygen atoms in total. The van der Waals surface area contributed by atoms with Gasteiger partial charge in [-0.25, -0.2) is 4.68 Å². The van der Waals surface area contributed by atoms with Gasteiger partial charge in [-0.1, -0.05) is 0 Å². The van der Waals surface area contributed by atoms with Gasteiger partial charge < -0.3 is 15.0 Å². The van der Waals surface area contributed by atoms with E-state index in [4.69, 9.17) is 4.74 Å². The number of nitrogens with zero attached hydrogens (tertiary/aromatic N) is 3. The molecule has 30 heavy (non-hydrogen) atoms. The zero-order valence-electron chi connectivity index (χ0n) is 17.3. The minimum Gasteiger partial charge on any atom is -0.459 e. The van der Waals surface area contributed by atoms with Crippen LogP contribution in [0.2, 0.25) is 0 Å². The van der Waals surface area contributed by atoms with Gasteiger partial charge in [-0.2, -0.15) is 18.3 Å². The lowest BCUT2D eigenvalue weighted by atomic mass is 9.84. The zero-order chi connectivity index (χ0) is 21.8. The van der Waals surface area contributed by atoms with Crippen LogP contribution in [0.15, 0.2) is 6.07 Å². The number of amides is 1. The molecule has 0 aliphatic carbocycles. The number of hydrogen-bond donors (Lipinski definition) is 1. The number of alkyl halides is 3. The van der Waals surface area contributed by atoms with Gasteiger partial charge in [0.1, 0.15) is 11.4 Å². The number of ether oxygens (including phenoxy) is 1. The van der Waals surface area contributed by atoms with E-state index in [1.165, 1.54) is 0 Å². The average molecular weight is 428 g/mol. The third-order valence-electron chi connectivity index (χ3n) is 6.56. The Labute approximate surface area is 172 Å². The molecule has 0 aromatic carbocycles. The summed E-state index contributed by atoms with van der Waals surface area (Å²) in [5.41, 5.74) is -0.337. The van der Waals surface area contributed by atoms with Gasteiger partial charge in [0.05, 0.1) is 18.0 Å². The minimum atomic E-state index is -4.40. The zero-order valence-corrected chi connectivity index (χ0v) is 17.3. The Hall–Kier alpha value is -2.26. The normalized spacial score (nSPS) is 31.1. The first-order valence-corrected chi connectivity index (χ1v) is 10.4. The van der Waals surface area contributed by atoms with E-state index in [1.54, 1.807) is 31.7 Å². The van der Waals surface area contributed by atoms with E-state index in [-0.39, 0.29) is 24.7 Å². The molecule has 0 saturated carbocycles. The lowest BCUT2D eigenvalue weighted by Crippen LogP contribution is -2.51. The number of aryl methyl sites for hydroxylation is 1. The highest BCUT2D eigenvalue weighted by Crippen LogP contribution is 2.42. The number of esters is 1. The number of carbonyl (C=O) groups is 2. The second kappa shape index (κ2) is 7.16. The van der Waals surface area contributed by atoms with Crippen molar-refractivity contribution < 1.29 is 27.5 Å². The highest BCUT2D eigenvalue weighted by molar-refractivity contribution is 5.87. The van der Waals surface area contributed by atoms with Crippen molar-refractivity contribution in [2.45, 2.75) is 70.3 Å². The molecule has 4 rings (SSSR count). The van der Waals surface area contributed by atoms with E-state index >= 15 is 0 Å². The molecule has 0 unspecified atom stereocenters. The molecule has 3 aliphatic heterocycles. The van der Waals surface area contributed by atoms with Crippen molar-refractivity contribution in [2.24, 2.45) is 11.8 Å². The summed E-state index contributed by atoms with van der Waals surface area (Å²) < 4.78 is 47.4. The number of aromatic nitrogens is 2. The summed E-state index contributed by atoms with van der Waals surface area (Å²) in [6, 6.07) is -0.468. The van der Waals surface area contributed by atoms with Crippen LogP contribution < -0.4 is 5.32 Å². The maximum atomic E-state index is 13.7. The van der Waals surface area contributed by atoms with E-state index in [1.807, 2.05) is 0 Å². The number of anilines is 1. The van der Waals surface area contributed by atoms with Crippen molar-refractivity contribution in [1.82, 2.24) is 14.7 Å². The SMILES string of the molecule is Cc1cc2n(n1)[C@@H](C(F)(F)F)C[C@@H]([C@@H]1CCCN(C(=O)[C@H]3CC(=O)OC3(C)C)C1)N2. The molecule has 0 spiro atoms. The van der Waals surface area contributed by atoms with E-state index in [2.05, 4.69) is 10.4 Å². The summed E-state index contributed by atoms with van der Waals surface area (Å²) in [5, 5.41) is 7.25. The molecule has 10 heteroatoms. The Morgan fingerprint density at radius 1 is 1.37 bits per heavy atom. The van der Waals surface area contributed by atoms with Crippen LogP contribution in [-0.4, -0.2) is 57.5 Å². The average Bonchev–Trinajstić information content (AvgIpc) is 3.16. The van der Waals surface area contributed by atoms with Crippen molar-refractivity contribution in [3.05, 3.63) is 11.8 Å². The van der Waals surface area contributed by atoms with Gasteiger partial charge in [-0.3, -0.25) is 9.59 Å². The molecule has 0 bridgehead atoms. The van der Waals surface area contributed by atoms with E-state index in [0.29, 0.717) is 31.0 Å². The number of carbonyl (C=O) groups excluding carboxylic acids is 2. The number of fused-ring (bicyclic) bond motifs is 1. The van der Waals surface area contributed by atoms with Crippen LogP contribution >= 0.6 is 0 Å². The van der Waals surface area contributed by atoms with E-state index in [0.717, 1.165) is 11.1 Å². The van der Waals surface area contributed by atoms with Crippen LogP contribution in [0, 0.1) is 18.8 Å². The highest BCUT2D eigenvalue weighted by atomic mass is 19.4. The summed E-state index contributed by atoms with van der Waals surface area (Å²) in [7, 11) is 0. The Morgan fingerprint density at radius 3 is 2.73 bits per heavy atom. The maximum absolute atomic E-state index is 13.7. The van der Waals surface area contributed by atoms with E-state index in [9.17, 15) is 22.8 Å². The molecular formula is C20H27F3N4O3. The molecular weight excluding hydrogens is 401 g/mol. The third kappa shape index (κ3) is 3.76. The predicted octanol–water partition coefficient (Wildman–Crippen LogP) is 3.06. The van der Waals surface area contributed by atoms with Crippen LogP contribution in [0.25, 0.3) is 0 Å². The van der Waals surface area contributed by atoms with Gasteiger partial charge in [-0.15, -0.1) is 0 Å². The molecule has 2 saturated heterocycles. The number of rotatable bonds is 2. The van der Waals surface area contributed by atoms with Crippen LogP contribution in [0.1, 0.15) is 51.3 Å². The number of nitrogens with one attached hydrogen (secondary N) is 1. The maximum Gasteiger partial charge on any atom is 0.410 e. The highest BCUT2D eigenvalue weighted by Gasteiger charge is 2.50. The third-order valence-corrected chi connectivity index (χ3v) is 6.56. The van der Waals surface area contributed by atoms with Crippen LogP contribution in [0.3, 0.4) is 0 Å². The Bertz CT molecular complexity index is 851. The van der Waals surface area contributed by atoms with Gasteiger partial charge in [0.15, 0.2) is 6.04 Å². The largest absolute Gasteiger partial charge is 0.459 e. The van der Waals surface area contributed by atoms with Crippen molar-refractivity contribution >= 4 is 17.7 Å². The number of piperidine rings is 1. The van der Waals surface area contributed by atoms with Crippen molar-refractivity contribution in [3.63, 3.8) is 0 Å². The van der Waals surface area contributed by atoms with Gasteiger partial charge >= 0.3 is 12.1 Å². The minimum absolute atomic E-state index is 0.0449. The van der Waals surface area contributed by atoms with E-state index < -0.39 is 35.7 Å². The van der Waals surface area contributed by atoms with Crippen molar-refractivity contribution in [3.8, 4) is 0 Å². The fourth-order valence-corrected chi connectivity index (χ4v) is 5.00. The second-order valence-corrected chi connectivity index (χ2v) is 9.18. The number of hydrogen-bond acceptors (Lipinski definition) is 5. The molecule has 2 fully saturated rings. The smallest absolute Gasteiger partial charge is 0.410 e. The molecule has 1 amide bonds. The quantitative estimate of drug-likeness (QED) is 0.733. The molecule has 3 aliphatic rings. The number of likely N-dealkylation sites (tertiary alicyclic amines) is 1. The topological polar surface area (TPSA) is 76.5 Å². The summed E-state index contributed by atoms with van der Waals surface area (Å²) in [6.07, 6.45) is -3.03. The van der Waals surface area contributed by atoms with Crippen LogP contribution in [0.5, 0.6) is 0 Å². The first-order chi connectivity index (χ1) is 14.0. The second-order valence-electron chi connectivity index (χ2n) is 9.18. The standard InChI is InChI=1S/C20H27F3N4O3/c1-11-7-16-24-14(9-15(20(21,22)23)27(16)25-11)12-5-4-6-26(10-12)18(29)13-8-17(28)30-19(13,2)3/h7,12-15,24H,4-6,8-10H2,1-3H3/t12-,13-,14+,15-/m1/s1. The van der Waals surface area contributed by atoms with Gasteiger partial charge in [-0.05, 0) is 46.0 Å². The summed E-state index contributed by atoms with van der Waals surface area (Å²) in [5.74, 6) is -0.852. The summed E-state index contributed by atoms with van der Waals surface area (Å²) in [4.78, 5) is 26.5. The predicted molar refractivity (Wildman–Crippen MR) is 102 cm³/mol. The molecule has 1 aromatic rings. The van der Waals surface area contributed by atoms with Gasteiger partial charge in [0.25, 0.3) is 0 Å². The molecule has 4 atom stereocenters. The summed E-state index contributed by atoms with van der Waals surface area (Å²) in [6.45, 7) is 6.03. The fraction of sp³-hybridized carbons (Fsp3) is 0.750. The Morgan fingerprint density at radius 2 is 2.10 bits per heavy atom. The van der Waals surface area contributed by atoms with Crippen molar-refractivity contribution in [2.75, 3.05) is 18.4 Å². The lowest BCUT2D eigenvalue weighted by Gasteiger charge is -2.42. The van der Waals surface area contributed by atoms with Gasteiger partial charge in [0.2, 0.25) is 5.91 Å². The Balaban J connectivity index is 1.51. The lowest BCUT2D eigenvalue weighted by molar-refractivity contribution is -0.175. The van der Waals surface area contributed by atoms with Gasteiger partial charge in [0, 0.05) is 25.2 Å². The molecule has 1 aromatic heterocycles. The first kappa shape index (κ1) is 21.0. The molecule has 4 heterocycles. The number of cyclic esters (lactones) is 1. The van der Waals surface area contributed by atoms with Crippen LogP contribution in [-0.2, 0) is 14.3 Å². The number of halogens is 3. The monoisotopic (exact) mass is 428 g/mol. The fourth-order valence-electron chi connectivity index (χ4n) is 5.00. The molecule has 0 radical (unpaired) electrons. The van der Waals surface area contributed by atoms with Crippen molar-refractivity contribution in [1.29, 1.82) is 0 Å². The van der Waals surface area contributed by atoms with Crippen LogP contribution in [0.4, 0.5) is 19.0 Å². The molecule has 166 valence electrons.